The number of hydrogen-bond donors (Lipinski definition) is 2. The molecule has 17 heavy (non-hydrogen) atoms. The first-order chi connectivity index (χ1) is 8.05. The lowest BCUT2D eigenvalue weighted by Crippen LogP contribution is -2.51. The molecule has 2 N–H and O–H groups in total. The Bertz CT molecular complexity index is 472. The summed E-state index contributed by atoms with van der Waals surface area (Å²) in [5.41, 5.74) is 0.122. The van der Waals surface area contributed by atoms with Crippen molar-refractivity contribution in [3.05, 3.63) is 30.3 Å². The van der Waals surface area contributed by atoms with Crippen molar-refractivity contribution in [1.82, 2.24) is 0 Å². The van der Waals surface area contributed by atoms with E-state index in [0.717, 1.165) is 5.69 Å². The van der Waals surface area contributed by atoms with Gasteiger partial charge in [0, 0.05) is 5.69 Å². The number of aliphatic hydroxyl groups is 1. The van der Waals surface area contributed by atoms with Crippen LogP contribution in [0.5, 0.6) is 0 Å². The molecule has 1 aliphatic heterocycles. The molecule has 94 valence electrons. The molecule has 0 aromatic heterocycles. The van der Waals surface area contributed by atoms with Gasteiger partial charge in [0.25, 0.3) is 0 Å². The number of para-hydroxylation sites is 1. The van der Waals surface area contributed by atoms with Gasteiger partial charge in [-0.15, -0.1) is 0 Å². The molecule has 0 radical (unpaired) electrons. The van der Waals surface area contributed by atoms with Crippen LogP contribution in [-0.2, 0) is 9.84 Å². The van der Waals surface area contributed by atoms with Gasteiger partial charge in [0.2, 0.25) is 0 Å². The van der Waals surface area contributed by atoms with Crippen LogP contribution in [0.4, 0.5) is 5.69 Å². The van der Waals surface area contributed by atoms with E-state index in [1.165, 1.54) is 0 Å². The van der Waals surface area contributed by atoms with Crippen molar-refractivity contribution in [2.24, 2.45) is 0 Å². The van der Waals surface area contributed by atoms with E-state index in [1.807, 2.05) is 30.3 Å². The van der Waals surface area contributed by atoms with Crippen LogP contribution in [0.2, 0.25) is 0 Å². The van der Waals surface area contributed by atoms with Crippen molar-refractivity contribution < 1.29 is 13.5 Å². The van der Waals surface area contributed by atoms with E-state index in [0.29, 0.717) is 12.8 Å². The first-order valence-electron chi connectivity index (χ1n) is 5.70. The minimum atomic E-state index is -3.05. The van der Waals surface area contributed by atoms with E-state index in [-0.39, 0.29) is 18.1 Å². The zero-order valence-corrected chi connectivity index (χ0v) is 10.4. The second-order valence-electron chi connectivity index (χ2n) is 4.63. The van der Waals surface area contributed by atoms with E-state index in [4.69, 9.17) is 0 Å². The maximum absolute atomic E-state index is 11.7. The summed E-state index contributed by atoms with van der Waals surface area (Å²) in [5.74, 6) is 0.233. The lowest BCUT2D eigenvalue weighted by atomic mass is 9.96. The zero-order valence-electron chi connectivity index (χ0n) is 9.59. The van der Waals surface area contributed by atoms with E-state index in [9.17, 15) is 13.5 Å². The Hall–Kier alpha value is -1.07. The molecule has 1 aromatic rings. The third-order valence-electron chi connectivity index (χ3n) is 3.09. The molecule has 1 aromatic carbocycles. The Labute approximate surface area is 102 Å². The fourth-order valence-electron chi connectivity index (χ4n) is 2.29. The van der Waals surface area contributed by atoms with Crippen molar-refractivity contribution in [1.29, 1.82) is 0 Å². The maximum Gasteiger partial charge on any atom is 0.152 e. The van der Waals surface area contributed by atoms with Crippen LogP contribution in [0.15, 0.2) is 30.3 Å². The molecule has 0 aliphatic carbocycles. The van der Waals surface area contributed by atoms with Crippen molar-refractivity contribution in [2.45, 2.75) is 18.4 Å². The summed E-state index contributed by atoms with van der Waals surface area (Å²) >= 11 is 0. The molecule has 1 fully saturated rings. The molecule has 0 spiro atoms. The van der Waals surface area contributed by atoms with Gasteiger partial charge < -0.3 is 10.4 Å². The normalized spacial score (nSPS) is 27.6. The molecule has 5 heteroatoms. The first kappa shape index (κ1) is 12.4. The summed E-state index contributed by atoms with van der Waals surface area (Å²) in [6.07, 6.45) is 1.28. The van der Waals surface area contributed by atoms with Gasteiger partial charge >= 0.3 is 0 Å². The molecule has 2 rings (SSSR count). The van der Waals surface area contributed by atoms with Crippen LogP contribution < -0.4 is 5.32 Å². The van der Waals surface area contributed by atoms with Crippen LogP contribution in [0, 0.1) is 0 Å². The first-order valence-corrected chi connectivity index (χ1v) is 7.52. The van der Waals surface area contributed by atoms with Gasteiger partial charge in [0.05, 0.1) is 23.7 Å². The average molecular weight is 255 g/mol. The van der Waals surface area contributed by atoms with Gasteiger partial charge in [-0.05, 0) is 25.0 Å². The number of benzene rings is 1. The van der Waals surface area contributed by atoms with E-state index in [2.05, 4.69) is 5.32 Å². The highest BCUT2D eigenvalue weighted by atomic mass is 32.2. The van der Waals surface area contributed by atoms with Crippen molar-refractivity contribution in [3.8, 4) is 0 Å². The van der Waals surface area contributed by atoms with E-state index in [1.54, 1.807) is 0 Å². The van der Waals surface area contributed by atoms with Crippen molar-refractivity contribution in [2.75, 3.05) is 23.4 Å². The SMILES string of the molecule is O=S1(=O)CCCC(CO)(Nc2ccccc2)C1. The Morgan fingerprint density at radius 3 is 2.59 bits per heavy atom. The van der Waals surface area contributed by atoms with Gasteiger partial charge in [-0.3, -0.25) is 0 Å². The number of nitrogens with one attached hydrogen (secondary N) is 1. The lowest BCUT2D eigenvalue weighted by molar-refractivity contribution is 0.212. The number of aliphatic hydroxyl groups excluding tert-OH is 1. The largest absolute Gasteiger partial charge is 0.394 e. The fourth-order valence-corrected chi connectivity index (χ4v) is 4.16. The third-order valence-corrected chi connectivity index (χ3v) is 5.00. The summed E-state index contributed by atoms with van der Waals surface area (Å²) in [6.45, 7) is -0.166. The van der Waals surface area contributed by atoms with Gasteiger partial charge in [-0.25, -0.2) is 8.42 Å². The fraction of sp³-hybridized carbons (Fsp3) is 0.500. The van der Waals surface area contributed by atoms with Crippen molar-refractivity contribution in [3.63, 3.8) is 0 Å². The molecule has 1 aliphatic rings. The highest BCUT2D eigenvalue weighted by Crippen LogP contribution is 2.26. The molecule has 1 heterocycles. The standard InChI is InChI=1S/C12H17NO3S/c14-9-12(7-4-8-17(15,16)10-12)13-11-5-2-1-3-6-11/h1-3,5-6,13-14H,4,7-10H2. The maximum atomic E-state index is 11.7. The number of sulfone groups is 1. The smallest absolute Gasteiger partial charge is 0.152 e. The quantitative estimate of drug-likeness (QED) is 0.847. The van der Waals surface area contributed by atoms with E-state index >= 15 is 0 Å². The summed E-state index contributed by atoms with van der Waals surface area (Å²) in [7, 11) is -3.05. The minimum absolute atomic E-state index is 0.00535. The third kappa shape index (κ3) is 2.98. The Kier molecular flexibility index (Phi) is 3.40. The average Bonchev–Trinajstić information content (AvgIpc) is 2.29. The Balaban J connectivity index is 2.20. The van der Waals surface area contributed by atoms with Gasteiger partial charge in [-0.2, -0.15) is 0 Å². The Morgan fingerprint density at radius 1 is 1.29 bits per heavy atom. The van der Waals surface area contributed by atoms with Crippen LogP contribution >= 0.6 is 0 Å². The number of rotatable bonds is 3. The molecular weight excluding hydrogens is 238 g/mol. The summed E-state index contributed by atoms with van der Waals surface area (Å²) in [6, 6.07) is 9.40. The lowest BCUT2D eigenvalue weighted by Gasteiger charge is -2.36. The highest BCUT2D eigenvalue weighted by molar-refractivity contribution is 7.91. The molecular formula is C12H17NO3S. The predicted octanol–water partition coefficient (Wildman–Crippen LogP) is 1.04. The van der Waals surface area contributed by atoms with E-state index < -0.39 is 15.4 Å². The van der Waals surface area contributed by atoms with Crippen LogP contribution in [-0.4, -0.2) is 37.2 Å². The molecule has 0 amide bonds. The summed E-state index contributed by atoms with van der Waals surface area (Å²) < 4.78 is 23.3. The Morgan fingerprint density at radius 2 is 2.00 bits per heavy atom. The van der Waals surface area contributed by atoms with Crippen LogP contribution in [0.25, 0.3) is 0 Å². The highest BCUT2D eigenvalue weighted by Gasteiger charge is 2.38. The molecule has 1 saturated heterocycles. The number of hydrogen-bond acceptors (Lipinski definition) is 4. The molecule has 1 unspecified atom stereocenters. The zero-order chi connectivity index (χ0) is 12.4. The second-order valence-corrected chi connectivity index (χ2v) is 6.81. The van der Waals surface area contributed by atoms with Gasteiger partial charge in [0.15, 0.2) is 9.84 Å². The summed E-state index contributed by atoms with van der Waals surface area (Å²) in [5, 5.41) is 12.7. The molecule has 0 bridgehead atoms. The van der Waals surface area contributed by atoms with Gasteiger partial charge in [0.1, 0.15) is 0 Å². The van der Waals surface area contributed by atoms with Crippen molar-refractivity contribution >= 4 is 15.5 Å². The second kappa shape index (κ2) is 4.66. The monoisotopic (exact) mass is 255 g/mol. The minimum Gasteiger partial charge on any atom is -0.394 e. The van der Waals surface area contributed by atoms with Gasteiger partial charge in [-0.1, -0.05) is 18.2 Å². The number of anilines is 1. The summed E-state index contributed by atoms with van der Waals surface area (Å²) in [4.78, 5) is 0. The van der Waals surface area contributed by atoms with Crippen LogP contribution in [0.1, 0.15) is 12.8 Å². The molecule has 1 atom stereocenters. The van der Waals surface area contributed by atoms with Crippen LogP contribution in [0.3, 0.4) is 0 Å². The molecule has 0 saturated carbocycles. The topological polar surface area (TPSA) is 66.4 Å². The predicted molar refractivity (Wildman–Crippen MR) is 67.8 cm³/mol. The molecule has 4 nitrogen and oxygen atoms in total.